The second kappa shape index (κ2) is 6.79. The fourth-order valence-electron chi connectivity index (χ4n) is 1.62. The number of methoxy groups -OCH3 is 1. The van der Waals surface area contributed by atoms with Crippen molar-refractivity contribution in [3.05, 3.63) is 23.8 Å². The number of ether oxygens (including phenoxy) is 1. The summed E-state index contributed by atoms with van der Waals surface area (Å²) in [6.07, 6.45) is 0. The largest absolute Gasteiger partial charge is 0.507 e. The third kappa shape index (κ3) is 3.63. The van der Waals surface area contributed by atoms with Gasteiger partial charge < -0.3 is 19.6 Å². The lowest BCUT2D eigenvalue weighted by Crippen LogP contribution is -2.40. The van der Waals surface area contributed by atoms with Crippen LogP contribution in [0.25, 0.3) is 0 Å². The number of likely N-dealkylation sites (N-methyl/N-ethyl adjacent to an activating group) is 2. The number of rotatable bonds is 5. The van der Waals surface area contributed by atoms with E-state index in [9.17, 15) is 14.7 Å². The van der Waals surface area contributed by atoms with Gasteiger partial charge >= 0.3 is 0 Å². The molecule has 1 rings (SSSR count). The quantitative estimate of drug-likeness (QED) is 0.872. The van der Waals surface area contributed by atoms with Crippen LogP contribution in [0.2, 0.25) is 0 Å². The molecule has 0 atom stereocenters. The average molecular weight is 280 g/mol. The van der Waals surface area contributed by atoms with E-state index in [1.807, 2.05) is 0 Å². The van der Waals surface area contributed by atoms with Crippen LogP contribution in [0.15, 0.2) is 18.2 Å². The van der Waals surface area contributed by atoms with Crippen LogP contribution in [0, 0.1) is 0 Å². The standard InChI is InChI=1S/C14H20N2O4/c1-5-16(9-13(18)15(2)3)14(19)11-7-6-10(20-4)8-12(11)17/h6-8,17H,5,9H2,1-4H3. The Morgan fingerprint density at radius 3 is 2.40 bits per heavy atom. The van der Waals surface area contributed by atoms with Crippen LogP contribution < -0.4 is 4.74 Å². The van der Waals surface area contributed by atoms with Gasteiger partial charge in [-0.05, 0) is 19.1 Å². The summed E-state index contributed by atoms with van der Waals surface area (Å²) in [6, 6.07) is 4.45. The van der Waals surface area contributed by atoms with Crippen molar-refractivity contribution in [2.45, 2.75) is 6.92 Å². The zero-order valence-corrected chi connectivity index (χ0v) is 12.2. The molecule has 0 aromatic heterocycles. The molecule has 0 radical (unpaired) electrons. The highest BCUT2D eigenvalue weighted by molar-refractivity contribution is 5.98. The minimum atomic E-state index is -0.386. The molecule has 0 aliphatic carbocycles. The maximum Gasteiger partial charge on any atom is 0.258 e. The Labute approximate surface area is 118 Å². The van der Waals surface area contributed by atoms with Gasteiger partial charge in [0.2, 0.25) is 5.91 Å². The van der Waals surface area contributed by atoms with Gasteiger partial charge in [-0.2, -0.15) is 0 Å². The first kappa shape index (κ1) is 15.8. The van der Waals surface area contributed by atoms with Crippen molar-refractivity contribution in [3.8, 4) is 11.5 Å². The number of phenols is 1. The number of phenolic OH excluding ortho intramolecular Hbond substituents is 1. The fourth-order valence-corrected chi connectivity index (χ4v) is 1.62. The zero-order valence-electron chi connectivity index (χ0n) is 12.2. The van der Waals surface area contributed by atoms with Gasteiger partial charge in [0, 0.05) is 26.7 Å². The zero-order chi connectivity index (χ0) is 15.3. The smallest absolute Gasteiger partial charge is 0.258 e. The molecule has 110 valence electrons. The molecule has 1 N–H and O–H groups in total. The molecule has 0 fully saturated rings. The highest BCUT2D eigenvalue weighted by Gasteiger charge is 2.21. The van der Waals surface area contributed by atoms with Crippen molar-refractivity contribution in [1.29, 1.82) is 0 Å². The molecule has 0 bridgehead atoms. The average Bonchev–Trinajstić information content (AvgIpc) is 2.43. The summed E-state index contributed by atoms with van der Waals surface area (Å²) >= 11 is 0. The van der Waals surface area contributed by atoms with Gasteiger partial charge in [0.05, 0.1) is 19.2 Å². The van der Waals surface area contributed by atoms with E-state index in [0.717, 1.165) is 0 Å². The maximum absolute atomic E-state index is 12.3. The third-order valence-electron chi connectivity index (χ3n) is 2.93. The fraction of sp³-hybridized carbons (Fsp3) is 0.429. The summed E-state index contributed by atoms with van der Waals surface area (Å²) in [5.74, 6) is -0.257. The van der Waals surface area contributed by atoms with Gasteiger partial charge in [-0.25, -0.2) is 0 Å². The summed E-state index contributed by atoms with van der Waals surface area (Å²) in [5.41, 5.74) is 0.152. The first-order valence-corrected chi connectivity index (χ1v) is 6.27. The molecule has 2 amide bonds. The Bertz CT molecular complexity index is 500. The molecule has 0 spiro atoms. The summed E-state index contributed by atoms with van der Waals surface area (Å²) in [6.45, 7) is 2.14. The number of carbonyl (C=O) groups is 2. The number of hydrogen-bond acceptors (Lipinski definition) is 4. The Balaban J connectivity index is 2.94. The normalized spacial score (nSPS) is 10.0. The van der Waals surface area contributed by atoms with Gasteiger partial charge in [-0.15, -0.1) is 0 Å². The van der Waals surface area contributed by atoms with Gasteiger partial charge in [-0.3, -0.25) is 9.59 Å². The molecule has 6 heteroatoms. The van der Waals surface area contributed by atoms with E-state index < -0.39 is 0 Å². The third-order valence-corrected chi connectivity index (χ3v) is 2.93. The Morgan fingerprint density at radius 1 is 1.30 bits per heavy atom. The number of hydrogen-bond donors (Lipinski definition) is 1. The van der Waals surface area contributed by atoms with E-state index in [1.54, 1.807) is 27.1 Å². The van der Waals surface area contributed by atoms with Crippen molar-refractivity contribution in [2.75, 3.05) is 34.3 Å². The van der Waals surface area contributed by atoms with E-state index >= 15 is 0 Å². The first-order chi connectivity index (χ1) is 9.40. The SMILES string of the molecule is CCN(CC(=O)N(C)C)C(=O)c1ccc(OC)cc1O. The lowest BCUT2D eigenvalue weighted by atomic mass is 10.1. The van der Waals surface area contributed by atoms with Gasteiger partial charge in [-0.1, -0.05) is 0 Å². The van der Waals surface area contributed by atoms with E-state index in [1.165, 1.54) is 29.0 Å². The molecule has 0 aliphatic rings. The van der Waals surface area contributed by atoms with Crippen LogP contribution in [0.3, 0.4) is 0 Å². The van der Waals surface area contributed by atoms with E-state index in [-0.39, 0.29) is 29.7 Å². The molecular formula is C14H20N2O4. The molecule has 1 aromatic carbocycles. The lowest BCUT2D eigenvalue weighted by molar-refractivity contribution is -0.129. The van der Waals surface area contributed by atoms with Crippen LogP contribution in [0.5, 0.6) is 11.5 Å². The Morgan fingerprint density at radius 2 is 1.95 bits per heavy atom. The molecule has 0 aliphatic heterocycles. The molecule has 0 saturated heterocycles. The molecule has 0 saturated carbocycles. The second-order valence-electron chi connectivity index (χ2n) is 4.49. The van der Waals surface area contributed by atoms with E-state index in [0.29, 0.717) is 12.3 Å². The number of benzene rings is 1. The van der Waals surface area contributed by atoms with Crippen molar-refractivity contribution in [2.24, 2.45) is 0 Å². The number of carbonyl (C=O) groups excluding carboxylic acids is 2. The van der Waals surface area contributed by atoms with Crippen molar-refractivity contribution in [3.63, 3.8) is 0 Å². The predicted molar refractivity (Wildman–Crippen MR) is 74.9 cm³/mol. The molecule has 20 heavy (non-hydrogen) atoms. The monoisotopic (exact) mass is 280 g/mol. The van der Waals surface area contributed by atoms with Gasteiger partial charge in [0.15, 0.2) is 0 Å². The van der Waals surface area contributed by atoms with Gasteiger partial charge in [0.25, 0.3) is 5.91 Å². The number of nitrogens with zero attached hydrogens (tertiary/aromatic N) is 2. The second-order valence-corrected chi connectivity index (χ2v) is 4.49. The topological polar surface area (TPSA) is 70.1 Å². The van der Waals surface area contributed by atoms with Crippen LogP contribution in [0.1, 0.15) is 17.3 Å². The Hall–Kier alpha value is -2.24. The van der Waals surface area contributed by atoms with Crippen molar-refractivity contribution in [1.82, 2.24) is 9.80 Å². The lowest BCUT2D eigenvalue weighted by Gasteiger charge is -2.22. The summed E-state index contributed by atoms with van der Waals surface area (Å²) in [5, 5.41) is 9.86. The highest BCUT2D eigenvalue weighted by Crippen LogP contribution is 2.24. The minimum Gasteiger partial charge on any atom is -0.507 e. The maximum atomic E-state index is 12.3. The van der Waals surface area contributed by atoms with Crippen LogP contribution in [-0.2, 0) is 4.79 Å². The first-order valence-electron chi connectivity index (χ1n) is 6.27. The number of aromatic hydroxyl groups is 1. The van der Waals surface area contributed by atoms with Crippen LogP contribution in [0.4, 0.5) is 0 Å². The highest BCUT2D eigenvalue weighted by atomic mass is 16.5. The van der Waals surface area contributed by atoms with E-state index in [2.05, 4.69) is 0 Å². The van der Waals surface area contributed by atoms with Crippen molar-refractivity contribution >= 4 is 11.8 Å². The summed E-state index contributed by atoms with van der Waals surface area (Å²) in [4.78, 5) is 26.8. The Kier molecular flexibility index (Phi) is 5.37. The summed E-state index contributed by atoms with van der Waals surface area (Å²) < 4.78 is 4.97. The molecule has 1 aromatic rings. The van der Waals surface area contributed by atoms with E-state index in [4.69, 9.17) is 4.74 Å². The predicted octanol–water partition coefficient (Wildman–Crippen LogP) is 0.951. The molecule has 6 nitrogen and oxygen atoms in total. The van der Waals surface area contributed by atoms with Crippen LogP contribution >= 0.6 is 0 Å². The van der Waals surface area contributed by atoms with Crippen molar-refractivity contribution < 1.29 is 19.4 Å². The minimum absolute atomic E-state index is 0.0200. The molecule has 0 unspecified atom stereocenters. The van der Waals surface area contributed by atoms with Crippen LogP contribution in [-0.4, -0.2) is 61.0 Å². The number of amides is 2. The molecular weight excluding hydrogens is 260 g/mol. The molecule has 0 heterocycles. The van der Waals surface area contributed by atoms with Gasteiger partial charge in [0.1, 0.15) is 11.5 Å². The summed E-state index contributed by atoms with van der Waals surface area (Å²) in [7, 11) is 4.74.